The van der Waals surface area contributed by atoms with Gasteiger partial charge < -0.3 is 10.5 Å². The predicted octanol–water partition coefficient (Wildman–Crippen LogP) is 4.13. The number of anilines is 1. The summed E-state index contributed by atoms with van der Waals surface area (Å²) in [6.45, 7) is 4.64. The lowest BCUT2D eigenvalue weighted by atomic mass is 9.94. The Morgan fingerprint density at radius 1 is 1.23 bits per heavy atom. The fourth-order valence-corrected chi connectivity index (χ4v) is 4.25. The summed E-state index contributed by atoms with van der Waals surface area (Å²) < 4.78 is 24.2. The quantitative estimate of drug-likeness (QED) is 0.502. The van der Waals surface area contributed by atoms with E-state index < -0.39 is 6.10 Å². The third-order valence-corrected chi connectivity index (χ3v) is 5.68. The normalized spacial score (nSPS) is 15.2. The molecule has 0 saturated carbocycles. The first-order valence-corrected chi connectivity index (χ1v) is 10.2. The number of hydrogen-bond acceptors (Lipinski definition) is 5. The molecular weight excluding hydrogens is 395 g/mol. The Hall–Kier alpha value is -3.68. The first kappa shape index (κ1) is 19.3. The lowest BCUT2D eigenvalue weighted by Gasteiger charge is -2.21. The van der Waals surface area contributed by atoms with Crippen LogP contribution in [-0.2, 0) is 20.0 Å². The minimum Gasteiger partial charge on any atom is -0.482 e. The molecule has 2 bridgehead atoms. The highest BCUT2D eigenvalue weighted by Crippen LogP contribution is 2.38. The van der Waals surface area contributed by atoms with Crippen molar-refractivity contribution in [2.24, 2.45) is 7.05 Å². The van der Waals surface area contributed by atoms with Gasteiger partial charge in [0.05, 0.1) is 17.6 Å². The molecule has 1 atom stereocenters. The van der Waals surface area contributed by atoms with Crippen LogP contribution in [-0.4, -0.2) is 24.5 Å². The van der Waals surface area contributed by atoms with Gasteiger partial charge in [-0.3, -0.25) is 9.36 Å². The van der Waals surface area contributed by atoms with E-state index in [1.54, 1.807) is 16.9 Å². The zero-order chi connectivity index (χ0) is 21.7. The largest absolute Gasteiger partial charge is 0.482 e. The van der Waals surface area contributed by atoms with E-state index in [1.807, 2.05) is 44.0 Å². The summed E-state index contributed by atoms with van der Waals surface area (Å²) in [6.07, 6.45) is 5.70. The van der Waals surface area contributed by atoms with Crippen molar-refractivity contribution >= 4 is 5.82 Å². The molecule has 5 rings (SSSR count). The standard InChI is InChI=1S/C23H23FN6O/c1-4-30-22-14(11-27-30)7-20-19(12-29(3)28-20)17-6-5-16(24)9-18(17)13(2)31-21-8-15(22)10-26-23(21)25/h5-6,8-13H,4,7H2,1-3H3,(H2,25,26)/t13-/m1/s1. The number of aryl methyl sites for hydroxylation is 2. The Labute approximate surface area is 179 Å². The first-order chi connectivity index (χ1) is 14.9. The van der Waals surface area contributed by atoms with Crippen molar-refractivity contribution in [2.45, 2.75) is 32.9 Å². The Balaban J connectivity index is 1.81. The van der Waals surface area contributed by atoms with Crippen LogP contribution in [0.5, 0.6) is 5.75 Å². The van der Waals surface area contributed by atoms with Crippen LogP contribution in [0, 0.1) is 5.82 Å². The van der Waals surface area contributed by atoms with Gasteiger partial charge in [-0.1, -0.05) is 6.07 Å². The molecule has 4 aromatic rings. The summed E-state index contributed by atoms with van der Waals surface area (Å²) >= 11 is 0. The fraction of sp³-hybridized carbons (Fsp3) is 0.261. The molecule has 1 aromatic carbocycles. The van der Waals surface area contributed by atoms with Gasteiger partial charge in [-0.2, -0.15) is 10.2 Å². The Morgan fingerprint density at radius 2 is 2.06 bits per heavy atom. The minimum atomic E-state index is -0.451. The summed E-state index contributed by atoms with van der Waals surface area (Å²) in [5.41, 5.74) is 12.4. The zero-order valence-corrected chi connectivity index (χ0v) is 17.6. The Bertz CT molecular complexity index is 1290. The molecule has 0 amide bonds. The van der Waals surface area contributed by atoms with Crippen LogP contribution in [0.25, 0.3) is 22.4 Å². The summed E-state index contributed by atoms with van der Waals surface area (Å²) in [4.78, 5) is 4.36. The van der Waals surface area contributed by atoms with Crippen molar-refractivity contribution in [1.29, 1.82) is 0 Å². The van der Waals surface area contributed by atoms with Gasteiger partial charge in [0.15, 0.2) is 11.6 Å². The number of nitrogen functional groups attached to an aromatic ring is 1. The molecule has 0 radical (unpaired) electrons. The number of nitrogens with zero attached hydrogens (tertiary/aromatic N) is 5. The van der Waals surface area contributed by atoms with Crippen LogP contribution in [0.15, 0.2) is 42.9 Å². The van der Waals surface area contributed by atoms with Gasteiger partial charge in [0.25, 0.3) is 0 Å². The topological polar surface area (TPSA) is 83.8 Å². The number of fused-ring (bicyclic) bond motifs is 7. The zero-order valence-electron chi connectivity index (χ0n) is 17.6. The number of ether oxygens (including phenoxy) is 1. The molecule has 0 spiro atoms. The van der Waals surface area contributed by atoms with E-state index in [1.165, 1.54) is 12.1 Å². The van der Waals surface area contributed by atoms with Crippen LogP contribution in [0.3, 0.4) is 0 Å². The van der Waals surface area contributed by atoms with E-state index in [0.29, 0.717) is 18.7 Å². The Kier molecular flexibility index (Phi) is 4.50. The van der Waals surface area contributed by atoms with Gasteiger partial charge in [-0.05, 0) is 37.6 Å². The van der Waals surface area contributed by atoms with Crippen LogP contribution in [0.2, 0.25) is 0 Å². The molecule has 8 heteroatoms. The molecule has 1 aliphatic heterocycles. The molecule has 7 nitrogen and oxygen atoms in total. The van der Waals surface area contributed by atoms with E-state index in [4.69, 9.17) is 15.6 Å². The first-order valence-electron chi connectivity index (χ1n) is 10.2. The Morgan fingerprint density at radius 3 is 2.87 bits per heavy atom. The van der Waals surface area contributed by atoms with E-state index in [-0.39, 0.29) is 11.6 Å². The summed E-state index contributed by atoms with van der Waals surface area (Å²) in [5.74, 6) is 0.428. The molecule has 0 saturated heterocycles. The number of benzene rings is 1. The molecular formula is C23H23FN6O. The molecule has 0 aliphatic carbocycles. The van der Waals surface area contributed by atoms with Crippen LogP contribution < -0.4 is 10.5 Å². The molecule has 4 heterocycles. The number of nitrogens with two attached hydrogens (primary N) is 1. The van der Waals surface area contributed by atoms with E-state index >= 15 is 0 Å². The lowest BCUT2D eigenvalue weighted by Crippen LogP contribution is -2.09. The summed E-state index contributed by atoms with van der Waals surface area (Å²) in [6, 6.07) is 6.64. The average molecular weight is 418 g/mol. The molecule has 31 heavy (non-hydrogen) atoms. The van der Waals surface area contributed by atoms with Gasteiger partial charge in [-0.15, -0.1) is 0 Å². The monoisotopic (exact) mass is 418 g/mol. The maximum absolute atomic E-state index is 14.2. The SMILES string of the molecule is CCn1ncc2c1-c1cnc(N)c(c1)O[C@H](C)c1cc(F)ccc1-c1cn(C)nc1C2. The highest BCUT2D eigenvalue weighted by Gasteiger charge is 2.24. The molecule has 158 valence electrons. The van der Waals surface area contributed by atoms with Crippen molar-refractivity contribution in [1.82, 2.24) is 24.5 Å². The third-order valence-electron chi connectivity index (χ3n) is 5.68. The van der Waals surface area contributed by atoms with Crippen molar-refractivity contribution in [2.75, 3.05) is 5.73 Å². The number of rotatable bonds is 1. The second-order valence-corrected chi connectivity index (χ2v) is 7.77. The second-order valence-electron chi connectivity index (χ2n) is 7.77. The maximum Gasteiger partial charge on any atom is 0.166 e. The molecule has 0 unspecified atom stereocenters. The average Bonchev–Trinajstić information content (AvgIpc) is 3.32. The molecule has 1 aliphatic rings. The van der Waals surface area contributed by atoms with Gasteiger partial charge in [-0.25, -0.2) is 9.37 Å². The van der Waals surface area contributed by atoms with Crippen molar-refractivity contribution in [3.8, 4) is 28.1 Å². The predicted molar refractivity (Wildman–Crippen MR) is 116 cm³/mol. The second kappa shape index (κ2) is 7.23. The van der Waals surface area contributed by atoms with Crippen LogP contribution >= 0.6 is 0 Å². The number of pyridine rings is 1. The summed E-state index contributed by atoms with van der Waals surface area (Å²) in [7, 11) is 1.89. The third kappa shape index (κ3) is 3.24. The molecule has 0 fully saturated rings. The van der Waals surface area contributed by atoms with Crippen LogP contribution in [0.4, 0.5) is 10.2 Å². The smallest absolute Gasteiger partial charge is 0.166 e. The summed E-state index contributed by atoms with van der Waals surface area (Å²) in [5, 5.41) is 9.28. The van der Waals surface area contributed by atoms with E-state index in [9.17, 15) is 4.39 Å². The maximum atomic E-state index is 14.2. The van der Waals surface area contributed by atoms with Crippen molar-refractivity contribution < 1.29 is 9.13 Å². The van der Waals surface area contributed by atoms with E-state index in [0.717, 1.165) is 39.2 Å². The number of halogens is 1. The van der Waals surface area contributed by atoms with Crippen molar-refractivity contribution in [3.63, 3.8) is 0 Å². The van der Waals surface area contributed by atoms with Gasteiger partial charge in [0.2, 0.25) is 0 Å². The van der Waals surface area contributed by atoms with Gasteiger partial charge in [0.1, 0.15) is 11.9 Å². The number of hydrogen-bond donors (Lipinski definition) is 1. The lowest BCUT2D eigenvalue weighted by molar-refractivity contribution is 0.228. The van der Waals surface area contributed by atoms with Gasteiger partial charge >= 0.3 is 0 Å². The van der Waals surface area contributed by atoms with Crippen molar-refractivity contribution in [3.05, 3.63) is 65.5 Å². The number of aromatic nitrogens is 5. The van der Waals surface area contributed by atoms with Gasteiger partial charge in [0, 0.05) is 54.7 Å². The molecule has 3 aromatic heterocycles. The highest BCUT2D eigenvalue weighted by molar-refractivity contribution is 5.72. The minimum absolute atomic E-state index is 0.289. The fourth-order valence-electron chi connectivity index (χ4n) is 4.25. The van der Waals surface area contributed by atoms with E-state index in [2.05, 4.69) is 10.1 Å². The van der Waals surface area contributed by atoms with Crippen LogP contribution in [0.1, 0.15) is 36.8 Å². The highest BCUT2D eigenvalue weighted by atomic mass is 19.1. The molecule has 2 N–H and O–H groups in total.